The van der Waals surface area contributed by atoms with Gasteiger partial charge in [-0.1, -0.05) is 13.3 Å². The Kier molecular flexibility index (Phi) is 5.01. The Hall–Kier alpha value is -0.610. The molecule has 1 saturated heterocycles. The Morgan fingerprint density at radius 3 is 2.67 bits per heavy atom. The standard InChI is InChI=1S/C14H26N2O2/c1-12-3-4-13(9-12)10-15(2)11-14(17)16-5-7-18-8-6-16/h12-13H,3-11H2,1-2H3/t12-,13+/m0/s1. The van der Waals surface area contributed by atoms with Gasteiger partial charge in [0.25, 0.3) is 0 Å². The molecule has 4 heteroatoms. The van der Waals surface area contributed by atoms with E-state index in [1.165, 1.54) is 19.3 Å². The molecule has 104 valence electrons. The van der Waals surface area contributed by atoms with E-state index in [0.29, 0.717) is 19.8 Å². The molecule has 0 aromatic rings. The number of nitrogens with zero attached hydrogens (tertiary/aromatic N) is 2. The second kappa shape index (κ2) is 6.53. The summed E-state index contributed by atoms with van der Waals surface area (Å²) in [5.41, 5.74) is 0. The second-order valence-corrected chi connectivity index (χ2v) is 5.97. The minimum absolute atomic E-state index is 0.256. The van der Waals surface area contributed by atoms with E-state index < -0.39 is 0 Å². The van der Waals surface area contributed by atoms with Crippen LogP contribution in [0.15, 0.2) is 0 Å². The molecule has 1 aliphatic heterocycles. The largest absolute Gasteiger partial charge is 0.378 e. The summed E-state index contributed by atoms with van der Waals surface area (Å²) >= 11 is 0. The van der Waals surface area contributed by atoms with Gasteiger partial charge >= 0.3 is 0 Å². The maximum Gasteiger partial charge on any atom is 0.236 e. The van der Waals surface area contributed by atoms with Crippen molar-refractivity contribution in [2.45, 2.75) is 26.2 Å². The third-order valence-electron chi connectivity index (χ3n) is 4.14. The molecule has 0 bridgehead atoms. The van der Waals surface area contributed by atoms with Crippen molar-refractivity contribution in [1.82, 2.24) is 9.80 Å². The number of hydrogen-bond acceptors (Lipinski definition) is 3. The van der Waals surface area contributed by atoms with E-state index in [1.54, 1.807) is 0 Å². The highest BCUT2D eigenvalue weighted by Crippen LogP contribution is 2.30. The van der Waals surface area contributed by atoms with Crippen molar-refractivity contribution in [3.05, 3.63) is 0 Å². The van der Waals surface area contributed by atoms with Gasteiger partial charge in [0, 0.05) is 19.6 Å². The van der Waals surface area contributed by atoms with Crippen LogP contribution in [-0.2, 0) is 9.53 Å². The Labute approximate surface area is 110 Å². The fourth-order valence-corrected chi connectivity index (χ4v) is 3.14. The number of amides is 1. The van der Waals surface area contributed by atoms with Gasteiger partial charge in [-0.05, 0) is 31.7 Å². The number of morpholine rings is 1. The van der Waals surface area contributed by atoms with Crippen molar-refractivity contribution < 1.29 is 9.53 Å². The Balaban J connectivity index is 1.69. The minimum Gasteiger partial charge on any atom is -0.378 e. The molecule has 1 amide bonds. The molecule has 0 N–H and O–H groups in total. The predicted molar refractivity (Wildman–Crippen MR) is 71.4 cm³/mol. The first-order chi connectivity index (χ1) is 8.65. The highest BCUT2D eigenvalue weighted by atomic mass is 16.5. The Bertz CT molecular complexity index is 277. The second-order valence-electron chi connectivity index (χ2n) is 5.97. The number of likely N-dealkylation sites (N-methyl/N-ethyl adjacent to an activating group) is 1. The van der Waals surface area contributed by atoms with Gasteiger partial charge in [-0.2, -0.15) is 0 Å². The third-order valence-corrected chi connectivity index (χ3v) is 4.14. The number of carbonyl (C=O) groups is 1. The number of ether oxygens (including phenoxy) is 1. The van der Waals surface area contributed by atoms with Gasteiger partial charge in [-0.25, -0.2) is 0 Å². The van der Waals surface area contributed by atoms with Crippen LogP contribution in [0.1, 0.15) is 26.2 Å². The van der Waals surface area contributed by atoms with Crippen molar-refractivity contribution in [1.29, 1.82) is 0 Å². The Morgan fingerprint density at radius 2 is 2.06 bits per heavy atom. The lowest BCUT2D eigenvalue weighted by atomic mass is 10.1. The van der Waals surface area contributed by atoms with Crippen LogP contribution in [0.2, 0.25) is 0 Å². The molecule has 2 fully saturated rings. The number of rotatable bonds is 4. The van der Waals surface area contributed by atoms with Gasteiger partial charge in [0.05, 0.1) is 19.8 Å². The fourth-order valence-electron chi connectivity index (χ4n) is 3.14. The third kappa shape index (κ3) is 3.95. The van der Waals surface area contributed by atoms with Gasteiger partial charge < -0.3 is 9.64 Å². The summed E-state index contributed by atoms with van der Waals surface area (Å²) in [6.45, 7) is 6.86. The summed E-state index contributed by atoms with van der Waals surface area (Å²) in [5.74, 6) is 1.92. The van der Waals surface area contributed by atoms with Crippen LogP contribution in [0.25, 0.3) is 0 Å². The average molecular weight is 254 g/mol. The van der Waals surface area contributed by atoms with Crippen molar-refractivity contribution in [3.63, 3.8) is 0 Å². The van der Waals surface area contributed by atoms with Crippen molar-refractivity contribution in [2.75, 3.05) is 46.4 Å². The molecule has 0 aromatic carbocycles. The monoisotopic (exact) mass is 254 g/mol. The maximum atomic E-state index is 12.1. The van der Waals surface area contributed by atoms with E-state index in [-0.39, 0.29) is 5.91 Å². The van der Waals surface area contributed by atoms with Gasteiger partial charge in [0.1, 0.15) is 0 Å². The highest BCUT2D eigenvalue weighted by molar-refractivity contribution is 5.78. The lowest BCUT2D eigenvalue weighted by molar-refractivity contribution is -0.136. The highest BCUT2D eigenvalue weighted by Gasteiger charge is 2.24. The maximum absolute atomic E-state index is 12.1. The van der Waals surface area contributed by atoms with Crippen LogP contribution < -0.4 is 0 Å². The summed E-state index contributed by atoms with van der Waals surface area (Å²) in [6, 6.07) is 0. The van der Waals surface area contributed by atoms with E-state index in [4.69, 9.17) is 4.74 Å². The normalized spacial score (nSPS) is 28.9. The minimum atomic E-state index is 0.256. The molecule has 2 rings (SSSR count). The van der Waals surface area contributed by atoms with Crippen LogP contribution >= 0.6 is 0 Å². The molecule has 0 radical (unpaired) electrons. The van der Waals surface area contributed by atoms with Gasteiger partial charge in [0.15, 0.2) is 0 Å². The van der Waals surface area contributed by atoms with Crippen molar-refractivity contribution in [2.24, 2.45) is 11.8 Å². The summed E-state index contributed by atoms with van der Waals surface area (Å²) in [7, 11) is 2.07. The van der Waals surface area contributed by atoms with Crippen LogP contribution in [0, 0.1) is 11.8 Å². The van der Waals surface area contributed by atoms with E-state index in [1.807, 2.05) is 4.90 Å². The lowest BCUT2D eigenvalue weighted by Gasteiger charge is -2.29. The predicted octanol–water partition coefficient (Wildman–Crippen LogP) is 1.21. The molecule has 1 saturated carbocycles. The van der Waals surface area contributed by atoms with Gasteiger partial charge in [-0.3, -0.25) is 9.69 Å². The topological polar surface area (TPSA) is 32.8 Å². The molecule has 2 aliphatic rings. The van der Waals surface area contributed by atoms with Crippen LogP contribution in [0.3, 0.4) is 0 Å². The first-order valence-electron chi connectivity index (χ1n) is 7.19. The van der Waals surface area contributed by atoms with Crippen molar-refractivity contribution in [3.8, 4) is 0 Å². The average Bonchev–Trinajstić information content (AvgIpc) is 2.75. The molecule has 0 aromatic heterocycles. The molecule has 1 aliphatic carbocycles. The summed E-state index contributed by atoms with van der Waals surface area (Å²) in [6.07, 6.45) is 4.02. The summed E-state index contributed by atoms with van der Waals surface area (Å²) in [4.78, 5) is 16.2. The van der Waals surface area contributed by atoms with Crippen LogP contribution in [-0.4, -0.2) is 62.1 Å². The summed E-state index contributed by atoms with van der Waals surface area (Å²) in [5, 5.41) is 0. The summed E-state index contributed by atoms with van der Waals surface area (Å²) < 4.78 is 5.27. The SMILES string of the molecule is C[C@H]1CC[C@@H](CN(C)CC(=O)N2CCOCC2)C1. The van der Waals surface area contributed by atoms with Crippen LogP contribution in [0.5, 0.6) is 0 Å². The molecular weight excluding hydrogens is 228 g/mol. The number of hydrogen-bond donors (Lipinski definition) is 0. The van der Waals surface area contributed by atoms with Crippen molar-refractivity contribution >= 4 is 5.91 Å². The number of carbonyl (C=O) groups excluding carboxylic acids is 1. The quantitative estimate of drug-likeness (QED) is 0.756. The van der Waals surface area contributed by atoms with Crippen LogP contribution in [0.4, 0.5) is 0 Å². The first-order valence-corrected chi connectivity index (χ1v) is 7.19. The Morgan fingerprint density at radius 1 is 1.33 bits per heavy atom. The fraction of sp³-hybridized carbons (Fsp3) is 0.929. The van der Waals surface area contributed by atoms with E-state index in [2.05, 4.69) is 18.9 Å². The van der Waals surface area contributed by atoms with E-state index in [0.717, 1.165) is 31.5 Å². The first kappa shape index (κ1) is 13.8. The molecule has 1 heterocycles. The van der Waals surface area contributed by atoms with Gasteiger partial charge in [-0.15, -0.1) is 0 Å². The molecule has 2 atom stereocenters. The zero-order valence-corrected chi connectivity index (χ0v) is 11.7. The molecule has 4 nitrogen and oxygen atoms in total. The van der Waals surface area contributed by atoms with E-state index >= 15 is 0 Å². The molecule has 18 heavy (non-hydrogen) atoms. The molecular formula is C14H26N2O2. The van der Waals surface area contributed by atoms with E-state index in [9.17, 15) is 4.79 Å². The smallest absolute Gasteiger partial charge is 0.236 e. The molecule has 0 spiro atoms. The zero-order chi connectivity index (χ0) is 13.0. The lowest BCUT2D eigenvalue weighted by Crippen LogP contribution is -2.45. The van der Waals surface area contributed by atoms with Gasteiger partial charge in [0.2, 0.25) is 5.91 Å². The molecule has 0 unspecified atom stereocenters. The zero-order valence-electron chi connectivity index (χ0n) is 11.7.